The number of hydrogen-bond acceptors (Lipinski definition) is 5. The van der Waals surface area contributed by atoms with Crippen molar-refractivity contribution in [2.45, 2.75) is 13.5 Å². The average molecular weight is 320 g/mol. The lowest BCUT2D eigenvalue weighted by Gasteiger charge is -2.18. The normalized spacial score (nSPS) is 16.7. The number of esters is 1. The zero-order valence-electron chi connectivity index (χ0n) is 12.1. The van der Waals surface area contributed by atoms with E-state index < -0.39 is 0 Å². The van der Waals surface area contributed by atoms with Crippen LogP contribution < -0.4 is 10.6 Å². The van der Waals surface area contributed by atoms with E-state index in [0.717, 1.165) is 16.4 Å². The van der Waals surface area contributed by atoms with Gasteiger partial charge in [0.2, 0.25) is 0 Å². The fraction of sp³-hybridized carbons (Fsp3) is 0.333. The number of benzene rings is 1. The molecular formula is C15H16N2O4S. The van der Waals surface area contributed by atoms with Crippen LogP contribution in [0.4, 0.5) is 10.5 Å². The lowest BCUT2D eigenvalue weighted by Crippen LogP contribution is -2.31. The van der Waals surface area contributed by atoms with Crippen molar-refractivity contribution in [1.82, 2.24) is 5.32 Å². The van der Waals surface area contributed by atoms with Crippen molar-refractivity contribution in [3.8, 4) is 0 Å². The lowest BCUT2D eigenvalue weighted by atomic mass is 10.1. The molecule has 3 rings (SSSR count). The number of thioether (sulfide) groups is 1. The molecule has 22 heavy (non-hydrogen) atoms. The first kappa shape index (κ1) is 14.8. The van der Waals surface area contributed by atoms with Crippen molar-refractivity contribution >= 4 is 29.4 Å². The molecule has 0 aliphatic carbocycles. The van der Waals surface area contributed by atoms with Gasteiger partial charge in [0.15, 0.2) is 0 Å². The van der Waals surface area contributed by atoms with Crippen molar-refractivity contribution < 1.29 is 19.1 Å². The highest BCUT2D eigenvalue weighted by Crippen LogP contribution is 2.27. The minimum atomic E-state index is -0.351. The molecule has 0 unspecified atom stereocenters. The summed E-state index contributed by atoms with van der Waals surface area (Å²) in [6, 6.07) is 4.85. The summed E-state index contributed by atoms with van der Waals surface area (Å²) < 4.78 is 10.4. The van der Waals surface area contributed by atoms with E-state index in [-0.39, 0.29) is 18.6 Å². The van der Waals surface area contributed by atoms with Crippen LogP contribution in [0.2, 0.25) is 0 Å². The molecule has 2 heterocycles. The molecule has 0 radical (unpaired) electrons. The van der Waals surface area contributed by atoms with Gasteiger partial charge in [0.1, 0.15) is 12.4 Å². The molecule has 0 atom stereocenters. The molecule has 0 bridgehead atoms. The third-order valence-corrected chi connectivity index (χ3v) is 4.62. The summed E-state index contributed by atoms with van der Waals surface area (Å²) in [6.45, 7) is 3.22. The number of nitrogens with one attached hydrogen (secondary N) is 2. The van der Waals surface area contributed by atoms with Crippen LogP contribution in [-0.2, 0) is 16.1 Å². The van der Waals surface area contributed by atoms with Crippen LogP contribution in [0.25, 0.3) is 0 Å². The number of anilines is 1. The maximum Gasteiger partial charge on any atom is 0.338 e. The predicted octanol–water partition coefficient (Wildman–Crippen LogP) is 2.47. The van der Waals surface area contributed by atoms with Crippen LogP contribution in [0.1, 0.15) is 22.8 Å². The Morgan fingerprint density at radius 1 is 1.36 bits per heavy atom. The zero-order valence-corrected chi connectivity index (χ0v) is 12.9. The van der Waals surface area contributed by atoms with Crippen LogP contribution in [-0.4, -0.2) is 30.9 Å². The highest BCUT2D eigenvalue weighted by atomic mass is 32.2. The Labute approximate surface area is 132 Å². The molecule has 0 spiro atoms. The van der Waals surface area contributed by atoms with Crippen LogP contribution in [0.15, 0.2) is 28.9 Å². The molecule has 0 fully saturated rings. The largest absolute Gasteiger partial charge is 0.496 e. The highest BCUT2D eigenvalue weighted by Gasteiger charge is 2.24. The highest BCUT2D eigenvalue weighted by molar-refractivity contribution is 8.03. The first-order valence-electron chi connectivity index (χ1n) is 6.94. The summed E-state index contributed by atoms with van der Waals surface area (Å²) in [5.41, 5.74) is 1.82. The Kier molecular flexibility index (Phi) is 4.24. The minimum absolute atomic E-state index is 0.193. The Balaban J connectivity index is 1.62. The van der Waals surface area contributed by atoms with Crippen molar-refractivity contribution in [3.05, 3.63) is 40.0 Å². The van der Waals surface area contributed by atoms with E-state index in [2.05, 4.69) is 10.6 Å². The molecule has 2 aliphatic heterocycles. The van der Waals surface area contributed by atoms with E-state index in [1.807, 2.05) is 6.92 Å². The molecule has 0 saturated heterocycles. The monoisotopic (exact) mass is 320 g/mol. The number of cyclic esters (lactones) is 1. The summed E-state index contributed by atoms with van der Waals surface area (Å²) >= 11 is 1.69. The standard InChI is InChI=1S/C15H16N2O4S/c1-9-13(22-6-5-20-9)7-16-15(19)17-12-4-2-3-10-11(12)8-21-14(10)18/h2-4H,5-8H2,1H3,(H2,16,17,19). The summed E-state index contributed by atoms with van der Waals surface area (Å²) in [7, 11) is 0. The van der Waals surface area contributed by atoms with Crippen molar-refractivity contribution in [2.24, 2.45) is 0 Å². The number of rotatable bonds is 3. The van der Waals surface area contributed by atoms with Gasteiger partial charge >= 0.3 is 12.0 Å². The number of ether oxygens (including phenoxy) is 2. The van der Waals surface area contributed by atoms with Gasteiger partial charge < -0.3 is 20.1 Å². The molecule has 0 aromatic heterocycles. The van der Waals surface area contributed by atoms with Crippen LogP contribution in [0.5, 0.6) is 0 Å². The van der Waals surface area contributed by atoms with Gasteiger partial charge in [-0.05, 0) is 19.1 Å². The van der Waals surface area contributed by atoms with Gasteiger partial charge in [0.05, 0.1) is 18.7 Å². The molecule has 2 N–H and O–H groups in total. The third kappa shape index (κ3) is 3.04. The van der Waals surface area contributed by atoms with Crippen molar-refractivity contribution in [1.29, 1.82) is 0 Å². The van der Waals surface area contributed by atoms with Gasteiger partial charge in [-0.25, -0.2) is 9.59 Å². The Morgan fingerprint density at radius 2 is 2.23 bits per heavy atom. The van der Waals surface area contributed by atoms with Gasteiger partial charge in [-0.3, -0.25) is 0 Å². The number of amides is 2. The van der Waals surface area contributed by atoms with E-state index in [4.69, 9.17) is 9.47 Å². The van der Waals surface area contributed by atoms with E-state index in [1.165, 1.54) is 0 Å². The number of carbonyl (C=O) groups excluding carboxylic acids is 2. The van der Waals surface area contributed by atoms with Gasteiger partial charge in [-0.1, -0.05) is 6.07 Å². The van der Waals surface area contributed by atoms with E-state index in [0.29, 0.717) is 30.0 Å². The number of allylic oxidation sites excluding steroid dienone is 1. The number of carbonyl (C=O) groups is 2. The zero-order chi connectivity index (χ0) is 15.5. The molecule has 116 valence electrons. The van der Waals surface area contributed by atoms with Crippen molar-refractivity contribution in [3.63, 3.8) is 0 Å². The lowest BCUT2D eigenvalue weighted by molar-refractivity contribution is 0.0535. The molecular weight excluding hydrogens is 304 g/mol. The first-order valence-corrected chi connectivity index (χ1v) is 7.93. The number of urea groups is 1. The van der Waals surface area contributed by atoms with Gasteiger partial charge in [0, 0.05) is 21.9 Å². The molecule has 2 amide bonds. The SMILES string of the molecule is CC1=C(CNC(=O)Nc2cccc3c2COC3=O)SCCO1. The smallest absolute Gasteiger partial charge is 0.338 e. The molecule has 7 heteroatoms. The molecule has 1 aromatic carbocycles. The quantitative estimate of drug-likeness (QED) is 0.837. The number of fused-ring (bicyclic) bond motifs is 1. The second-order valence-corrected chi connectivity index (χ2v) is 6.08. The van der Waals surface area contributed by atoms with Crippen LogP contribution in [0, 0.1) is 0 Å². The third-order valence-electron chi connectivity index (χ3n) is 3.47. The first-order chi connectivity index (χ1) is 10.6. The van der Waals surface area contributed by atoms with Gasteiger partial charge in [-0.2, -0.15) is 0 Å². The Hall–Kier alpha value is -2.15. The Morgan fingerprint density at radius 3 is 3.05 bits per heavy atom. The second-order valence-electron chi connectivity index (χ2n) is 4.89. The maximum atomic E-state index is 12.0. The number of hydrogen-bond donors (Lipinski definition) is 2. The summed E-state index contributed by atoms with van der Waals surface area (Å²) in [6.07, 6.45) is 0. The fourth-order valence-corrected chi connectivity index (χ4v) is 3.16. The predicted molar refractivity (Wildman–Crippen MR) is 83.7 cm³/mol. The van der Waals surface area contributed by atoms with E-state index in [1.54, 1.807) is 30.0 Å². The summed E-state index contributed by atoms with van der Waals surface area (Å²) in [5.74, 6) is 1.40. The molecule has 6 nitrogen and oxygen atoms in total. The second kappa shape index (κ2) is 6.31. The Bertz CT molecular complexity index is 657. The van der Waals surface area contributed by atoms with E-state index in [9.17, 15) is 9.59 Å². The average Bonchev–Trinajstić information content (AvgIpc) is 2.89. The fourth-order valence-electron chi connectivity index (χ4n) is 2.31. The molecule has 0 saturated carbocycles. The maximum absolute atomic E-state index is 12.0. The van der Waals surface area contributed by atoms with Gasteiger partial charge in [-0.15, -0.1) is 11.8 Å². The molecule has 1 aromatic rings. The molecule has 2 aliphatic rings. The van der Waals surface area contributed by atoms with Crippen LogP contribution >= 0.6 is 11.8 Å². The van der Waals surface area contributed by atoms with Crippen LogP contribution in [0.3, 0.4) is 0 Å². The minimum Gasteiger partial charge on any atom is -0.496 e. The van der Waals surface area contributed by atoms with E-state index >= 15 is 0 Å². The van der Waals surface area contributed by atoms with Crippen molar-refractivity contribution in [2.75, 3.05) is 24.2 Å². The summed E-state index contributed by atoms with van der Waals surface area (Å²) in [5, 5.41) is 5.56. The summed E-state index contributed by atoms with van der Waals surface area (Å²) in [4.78, 5) is 24.5. The topological polar surface area (TPSA) is 76.7 Å². The van der Waals surface area contributed by atoms with Gasteiger partial charge in [0.25, 0.3) is 0 Å².